The fourth-order valence-electron chi connectivity index (χ4n) is 4.21. The van der Waals surface area contributed by atoms with Crippen molar-refractivity contribution in [2.75, 3.05) is 0 Å². The summed E-state index contributed by atoms with van der Waals surface area (Å²) >= 11 is 0. The fourth-order valence-corrected chi connectivity index (χ4v) is 4.21. The Morgan fingerprint density at radius 3 is 1.67 bits per heavy atom. The third-order valence-electron chi connectivity index (χ3n) is 5.84. The molecule has 2 aromatic carbocycles. The molecule has 0 saturated heterocycles. The molecule has 2 aliphatic heterocycles. The van der Waals surface area contributed by atoms with Crippen LogP contribution in [0.5, 0.6) is 0 Å². The molecule has 0 bridgehead atoms. The van der Waals surface area contributed by atoms with E-state index in [2.05, 4.69) is 60.7 Å². The van der Waals surface area contributed by atoms with E-state index in [9.17, 15) is 4.79 Å². The van der Waals surface area contributed by atoms with Crippen molar-refractivity contribution in [1.82, 2.24) is 0 Å². The molecule has 0 fully saturated rings. The number of hydrogen-bond acceptors (Lipinski definition) is 3. The number of Topliss-reactive ketones (excluding diaryl/α,β-unsaturated/α-hetero) is 1. The van der Waals surface area contributed by atoms with Gasteiger partial charge in [-0.25, -0.2) is 0 Å². The molecule has 0 aromatic heterocycles. The number of ether oxygens (including phenoxy) is 2. The van der Waals surface area contributed by atoms with Gasteiger partial charge >= 0.3 is 0 Å². The van der Waals surface area contributed by atoms with Crippen LogP contribution in [-0.2, 0) is 27.1 Å². The van der Waals surface area contributed by atoms with Gasteiger partial charge in [0, 0.05) is 10.4 Å². The first-order chi connectivity index (χ1) is 14.7. The smallest absolute Gasteiger partial charge is 0.263 e. The Morgan fingerprint density at radius 1 is 0.667 bits per heavy atom. The lowest BCUT2D eigenvalue weighted by Crippen LogP contribution is -2.24. The molecular formula is C27H18O3. The monoisotopic (exact) mass is 390 g/mol. The first-order valence-electron chi connectivity index (χ1n) is 10.1. The molecule has 2 heterocycles. The van der Waals surface area contributed by atoms with Gasteiger partial charge in [-0.15, -0.1) is 0 Å². The van der Waals surface area contributed by atoms with Crippen molar-refractivity contribution in [2.45, 2.75) is 12.8 Å². The molecule has 0 saturated carbocycles. The van der Waals surface area contributed by atoms with Gasteiger partial charge in [-0.2, -0.15) is 0 Å². The third-order valence-corrected chi connectivity index (χ3v) is 5.84. The minimum absolute atomic E-state index is 0.262. The molecule has 0 radical (unpaired) electrons. The number of hydrogen-bond donors (Lipinski definition) is 0. The van der Waals surface area contributed by atoms with Gasteiger partial charge in [0.1, 0.15) is 0 Å². The summed E-state index contributed by atoms with van der Waals surface area (Å²) in [6, 6.07) is 8.45. The average Bonchev–Trinajstić information content (AvgIpc) is 2.80. The van der Waals surface area contributed by atoms with Crippen LogP contribution in [0.15, 0.2) is 60.1 Å². The van der Waals surface area contributed by atoms with E-state index in [4.69, 9.17) is 9.47 Å². The second-order valence-corrected chi connectivity index (χ2v) is 7.78. The number of carbonyl (C=O) groups excluding carboxylic acids is 1. The Balaban J connectivity index is 1.37. The Bertz CT molecular complexity index is 1380. The minimum atomic E-state index is -0.262. The number of fused-ring (bicyclic) bond motifs is 4. The summed E-state index contributed by atoms with van der Waals surface area (Å²) in [7, 11) is 0. The molecule has 3 heteroatoms. The van der Waals surface area contributed by atoms with Gasteiger partial charge in [0.25, 0.3) is 5.78 Å². The predicted molar refractivity (Wildman–Crippen MR) is 118 cm³/mol. The highest BCUT2D eigenvalue weighted by Crippen LogP contribution is 2.20. The van der Waals surface area contributed by atoms with Crippen LogP contribution in [0.3, 0.4) is 0 Å². The van der Waals surface area contributed by atoms with E-state index >= 15 is 0 Å². The molecule has 0 atom stereocenters. The first kappa shape index (κ1) is 17.0. The van der Waals surface area contributed by atoms with Gasteiger partial charge < -0.3 is 9.47 Å². The molecule has 144 valence electrons. The maximum absolute atomic E-state index is 13.1. The van der Waals surface area contributed by atoms with Crippen molar-refractivity contribution in [1.29, 1.82) is 0 Å². The summed E-state index contributed by atoms with van der Waals surface area (Å²) in [5.41, 5.74) is 4.48. The number of carbonyl (C=O) groups is 1. The van der Waals surface area contributed by atoms with Crippen molar-refractivity contribution >= 4 is 42.6 Å². The van der Waals surface area contributed by atoms with E-state index < -0.39 is 0 Å². The van der Waals surface area contributed by atoms with Gasteiger partial charge in [-0.05, 0) is 82.0 Å². The average molecular weight is 390 g/mol. The molecule has 0 amide bonds. The second kappa shape index (κ2) is 6.60. The number of allylic oxidation sites excluding steroid dienone is 4. The summed E-state index contributed by atoms with van der Waals surface area (Å²) in [6.07, 6.45) is 21.3. The van der Waals surface area contributed by atoms with E-state index in [0.717, 1.165) is 34.4 Å². The summed E-state index contributed by atoms with van der Waals surface area (Å²) in [4.78, 5) is 13.1. The Kier molecular flexibility index (Phi) is 3.75. The van der Waals surface area contributed by atoms with Gasteiger partial charge in [0.2, 0.25) is 0 Å². The van der Waals surface area contributed by atoms with Crippen LogP contribution < -0.4 is 20.9 Å². The van der Waals surface area contributed by atoms with Gasteiger partial charge in [0.15, 0.2) is 11.5 Å². The Labute approximate surface area is 173 Å². The summed E-state index contributed by atoms with van der Waals surface area (Å²) in [6.45, 7) is 0. The summed E-state index contributed by atoms with van der Waals surface area (Å²) in [5, 5.41) is 4.33. The maximum Gasteiger partial charge on any atom is 0.263 e. The highest BCUT2D eigenvalue weighted by atomic mass is 16.5. The molecule has 3 nitrogen and oxygen atoms in total. The van der Waals surface area contributed by atoms with Crippen LogP contribution in [0.1, 0.15) is 22.3 Å². The lowest BCUT2D eigenvalue weighted by Gasteiger charge is -2.16. The lowest BCUT2D eigenvalue weighted by molar-refractivity contribution is -0.116. The molecule has 4 aliphatic rings. The molecule has 0 spiro atoms. The molecule has 0 unspecified atom stereocenters. The van der Waals surface area contributed by atoms with Crippen LogP contribution in [0.4, 0.5) is 0 Å². The number of rotatable bonds is 2. The fraction of sp³-hybridized carbons (Fsp3) is 0.0741. The highest BCUT2D eigenvalue weighted by Gasteiger charge is 2.22. The molecule has 2 aromatic rings. The van der Waals surface area contributed by atoms with E-state index in [-0.39, 0.29) is 17.3 Å². The zero-order chi connectivity index (χ0) is 20.1. The molecule has 30 heavy (non-hydrogen) atoms. The van der Waals surface area contributed by atoms with Gasteiger partial charge in [-0.3, -0.25) is 4.79 Å². The summed E-state index contributed by atoms with van der Waals surface area (Å²) in [5.74, 6) is 0.274. The van der Waals surface area contributed by atoms with Crippen molar-refractivity contribution < 1.29 is 14.3 Å². The van der Waals surface area contributed by atoms with Crippen LogP contribution in [0.2, 0.25) is 0 Å². The van der Waals surface area contributed by atoms with Crippen LogP contribution in [0.25, 0.3) is 36.8 Å². The number of ketones is 1. The van der Waals surface area contributed by atoms with Crippen LogP contribution in [-0.4, -0.2) is 5.78 Å². The highest BCUT2D eigenvalue weighted by molar-refractivity contribution is 6.11. The van der Waals surface area contributed by atoms with Crippen molar-refractivity contribution in [3.8, 4) is 0 Å². The van der Waals surface area contributed by atoms with E-state index in [1.54, 1.807) is 24.7 Å². The van der Waals surface area contributed by atoms with Crippen LogP contribution >= 0.6 is 0 Å². The van der Waals surface area contributed by atoms with Crippen molar-refractivity contribution in [3.63, 3.8) is 0 Å². The zero-order valence-electron chi connectivity index (χ0n) is 16.2. The normalized spacial score (nSPS) is 16.9. The molecular weight excluding hydrogens is 372 g/mol. The number of benzene rings is 2. The third kappa shape index (κ3) is 2.79. The zero-order valence-corrected chi connectivity index (χ0v) is 16.2. The lowest BCUT2D eigenvalue weighted by atomic mass is 9.97. The predicted octanol–water partition coefficient (Wildman–Crippen LogP) is 1.96. The Hall–Kier alpha value is -3.85. The Morgan fingerprint density at radius 2 is 1.17 bits per heavy atom. The molecule has 6 rings (SSSR count). The topological polar surface area (TPSA) is 35.5 Å². The first-order valence-corrected chi connectivity index (χ1v) is 10.1. The van der Waals surface area contributed by atoms with Gasteiger partial charge in [-0.1, -0.05) is 36.5 Å². The van der Waals surface area contributed by atoms with E-state index in [1.165, 1.54) is 21.6 Å². The van der Waals surface area contributed by atoms with E-state index in [1.807, 2.05) is 0 Å². The maximum atomic E-state index is 13.1. The van der Waals surface area contributed by atoms with Gasteiger partial charge in [0.05, 0.1) is 12.5 Å². The SMILES string of the molecule is O=C(C1=Cc2cc3c(cc2=CO1)CC=CC=3)C1=Cc2cc3c(cc2=CO1)CC=CC=3. The van der Waals surface area contributed by atoms with Crippen LogP contribution in [0, 0.1) is 0 Å². The molecule has 0 N–H and O–H groups in total. The molecule has 2 aliphatic carbocycles. The largest absolute Gasteiger partial charge is 0.460 e. The quantitative estimate of drug-likeness (QED) is 0.787. The standard InChI is InChI=1S/C27H18O3/c28-27(25-13-21-9-17-5-1-3-7-19(17)11-23(21)15-29-25)26-14-22-10-18-6-2-4-8-20(18)12-24(22)16-30-26/h1-6,9-16H,7-8H2. The van der Waals surface area contributed by atoms with E-state index in [0.29, 0.717) is 0 Å². The summed E-state index contributed by atoms with van der Waals surface area (Å²) < 4.78 is 11.4. The van der Waals surface area contributed by atoms with Crippen molar-refractivity contribution in [3.05, 3.63) is 103 Å². The second-order valence-electron chi connectivity index (χ2n) is 7.78. The minimum Gasteiger partial charge on any atom is -0.460 e. The van der Waals surface area contributed by atoms with Crippen molar-refractivity contribution in [2.24, 2.45) is 0 Å².